The molecule has 2 atom stereocenters. The molecule has 0 aromatic carbocycles. The number of nitrogens with one attached hydrogen (secondary N) is 1. The number of hydrogen-bond acceptors (Lipinski definition) is 2. The Labute approximate surface area is 96.9 Å². The van der Waals surface area contributed by atoms with Gasteiger partial charge >= 0.3 is 5.97 Å². The Kier molecular flexibility index (Phi) is 3.33. The highest BCUT2D eigenvalue weighted by Crippen LogP contribution is 2.39. The van der Waals surface area contributed by atoms with Crippen LogP contribution in [0.25, 0.3) is 0 Å². The van der Waals surface area contributed by atoms with Crippen LogP contribution < -0.4 is 5.32 Å². The largest absolute Gasteiger partial charge is 0.480 e. The predicted octanol–water partition coefficient (Wildman–Crippen LogP) is 2.19. The molecule has 0 spiro atoms. The van der Waals surface area contributed by atoms with E-state index in [0.29, 0.717) is 11.8 Å². The van der Waals surface area contributed by atoms with Gasteiger partial charge in [-0.15, -0.1) is 0 Å². The minimum Gasteiger partial charge on any atom is -0.480 e. The minimum atomic E-state index is -0.693. The van der Waals surface area contributed by atoms with Crippen molar-refractivity contribution in [2.24, 2.45) is 11.8 Å². The first-order valence-corrected chi connectivity index (χ1v) is 6.26. The molecule has 16 heavy (non-hydrogen) atoms. The summed E-state index contributed by atoms with van der Waals surface area (Å²) in [4.78, 5) is 11.3. The van der Waals surface area contributed by atoms with E-state index in [1.807, 2.05) is 6.92 Å². The number of allylic oxidation sites excluding steroid dienone is 2. The van der Waals surface area contributed by atoms with Crippen molar-refractivity contribution in [2.45, 2.75) is 44.6 Å². The van der Waals surface area contributed by atoms with Crippen molar-refractivity contribution < 1.29 is 9.90 Å². The molecule has 1 saturated carbocycles. The molecule has 2 aliphatic carbocycles. The Hall–Kier alpha value is -0.830. The number of rotatable bonds is 5. The predicted molar refractivity (Wildman–Crippen MR) is 63.2 cm³/mol. The molecule has 0 aromatic heterocycles. The maximum atomic E-state index is 11.3. The van der Waals surface area contributed by atoms with Crippen LogP contribution in [-0.4, -0.2) is 23.2 Å². The molecule has 1 fully saturated rings. The Morgan fingerprint density at radius 1 is 1.44 bits per heavy atom. The molecular formula is C13H21NO2. The first-order chi connectivity index (χ1) is 7.63. The fourth-order valence-corrected chi connectivity index (χ4v) is 2.45. The molecular weight excluding hydrogens is 202 g/mol. The summed E-state index contributed by atoms with van der Waals surface area (Å²) in [5.74, 6) is 0.257. The first kappa shape index (κ1) is 11.6. The Balaban J connectivity index is 1.86. The van der Waals surface area contributed by atoms with Gasteiger partial charge in [0.05, 0.1) is 0 Å². The lowest BCUT2D eigenvalue weighted by Crippen LogP contribution is -2.52. The molecule has 3 heteroatoms. The second-order valence-corrected chi connectivity index (χ2v) is 5.31. The lowest BCUT2D eigenvalue weighted by atomic mass is 9.91. The van der Waals surface area contributed by atoms with Crippen molar-refractivity contribution in [3.05, 3.63) is 12.2 Å². The van der Waals surface area contributed by atoms with Crippen LogP contribution >= 0.6 is 0 Å². The average Bonchev–Trinajstić information content (AvgIpc) is 3.11. The summed E-state index contributed by atoms with van der Waals surface area (Å²) < 4.78 is 0. The summed E-state index contributed by atoms with van der Waals surface area (Å²) in [5.41, 5.74) is -0.693. The van der Waals surface area contributed by atoms with Crippen molar-refractivity contribution in [2.75, 3.05) is 6.54 Å². The van der Waals surface area contributed by atoms with Gasteiger partial charge in [0.15, 0.2) is 0 Å². The summed E-state index contributed by atoms with van der Waals surface area (Å²) in [6.07, 6.45) is 9.95. The van der Waals surface area contributed by atoms with E-state index in [0.717, 1.165) is 32.2 Å². The van der Waals surface area contributed by atoms with Crippen LogP contribution in [0.1, 0.15) is 39.0 Å². The van der Waals surface area contributed by atoms with E-state index in [-0.39, 0.29) is 0 Å². The summed E-state index contributed by atoms with van der Waals surface area (Å²) in [6.45, 7) is 2.68. The quantitative estimate of drug-likeness (QED) is 0.702. The lowest BCUT2D eigenvalue weighted by molar-refractivity contribution is -0.145. The Morgan fingerprint density at radius 2 is 2.19 bits per heavy atom. The summed E-state index contributed by atoms with van der Waals surface area (Å²) in [5, 5.41) is 12.6. The zero-order chi connectivity index (χ0) is 11.6. The third kappa shape index (κ3) is 2.46. The fraction of sp³-hybridized carbons (Fsp3) is 0.769. The normalized spacial score (nSPS) is 28.7. The number of carboxylic acids is 1. The smallest absolute Gasteiger partial charge is 0.323 e. The summed E-state index contributed by atoms with van der Waals surface area (Å²) in [6, 6.07) is 0. The molecule has 2 aliphatic rings. The summed E-state index contributed by atoms with van der Waals surface area (Å²) in [7, 11) is 0. The van der Waals surface area contributed by atoms with Crippen LogP contribution in [0.3, 0.4) is 0 Å². The standard InChI is InChI=1S/C13H21NO2/c1-13(12(15)16,11-7-8-11)14-9-10-5-3-2-4-6-10/h2-3,10-11,14H,4-9H2,1H3,(H,15,16). The fourth-order valence-electron chi connectivity index (χ4n) is 2.45. The van der Waals surface area contributed by atoms with Gasteiger partial charge in [0.1, 0.15) is 5.54 Å². The van der Waals surface area contributed by atoms with E-state index in [2.05, 4.69) is 17.5 Å². The van der Waals surface area contributed by atoms with Gasteiger partial charge in [-0.2, -0.15) is 0 Å². The van der Waals surface area contributed by atoms with Crippen molar-refractivity contribution in [1.29, 1.82) is 0 Å². The van der Waals surface area contributed by atoms with Crippen molar-refractivity contribution >= 4 is 5.97 Å². The van der Waals surface area contributed by atoms with Gasteiger partial charge in [0, 0.05) is 0 Å². The third-order valence-corrected chi connectivity index (χ3v) is 3.97. The van der Waals surface area contributed by atoms with E-state index >= 15 is 0 Å². The minimum absolute atomic E-state index is 0.337. The van der Waals surface area contributed by atoms with Crippen molar-refractivity contribution in [1.82, 2.24) is 5.32 Å². The van der Waals surface area contributed by atoms with Crippen LogP contribution in [0.2, 0.25) is 0 Å². The molecule has 3 nitrogen and oxygen atoms in total. The van der Waals surface area contributed by atoms with E-state index < -0.39 is 11.5 Å². The second-order valence-electron chi connectivity index (χ2n) is 5.31. The van der Waals surface area contributed by atoms with Crippen LogP contribution in [-0.2, 0) is 4.79 Å². The van der Waals surface area contributed by atoms with Crippen molar-refractivity contribution in [3.8, 4) is 0 Å². The number of carboxylic acid groups (broad SMARTS) is 1. The SMILES string of the molecule is CC(NCC1CC=CCC1)(C(=O)O)C1CC1. The van der Waals surface area contributed by atoms with Gasteiger partial charge in [-0.1, -0.05) is 12.2 Å². The Morgan fingerprint density at radius 3 is 2.69 bits per heavy atom. The lowest BCUT2D eigenvalue weighted by Gasteiger charge is -2.29. The molecule has 0 saturated heterocycles. The van der Waals surface area contributed by atoms with E-state index in [1.165, 1.54) is 6.42 Å². The molecule has 0 bridgehead atoms. The van der Waals surface area contributed by atoms with Gasteiger partial charge in [-0.3, -0.25) is 4.79 Å². The van der Waals surface area contributed by atoms with Crippen LogP contribution in [0.4, 0.5) is 0 Å². The van der Waals surface area contributed by atoms with Gasteiger partial charge in [-0.25, -0.2) is 0 Å². The average molecular weight is 223 g/mol. The molecule has 0 amide bonds. The monoisotopic (exact) mass is 223 g/mol. The zero-order valence-corrected chi connectivity index (χ0v) is 9.91. The topological polar surface area (TPSA) is 49.3 Å². The molecule has 0 radical (unpaired) electrons. The maximum absolute atomic E-state index is 11.3. The van der Waals surface area contributed by atoms with Gasteiger partial charge in [0.25, 0.3) is 0 Å². The molecule has 0 aliphatic heterocycles. The first-order valence-electron chi connectivity index (χ1n) is 6.26. The molecule has 2 N–H and O–H groups in total. The van der Waals surface area contributed by atoms with E-state index in [4.69, 9.17) is 0 Å². The van der Waals surface area contributed by atoms with E-state index in [9.17, 15) is 9.90 Å². The molecule has 0 aromatic rings. The number of aliphatic carboxylic acids is 1. The molecule has 90 valence electrons. The van der Waals surface area contributed by atoms with Crippen LogP contribution in [0, 0.1) is 11.8 Å². The number of carbonyl (C=O) groups is 1. The highest BCUT2D eigenvalue weighted by Gasteiger charge is 2.47. The summed E-state index contributed by atoms with van der Waals surface area (Å²) >= 11 is 0. The molecule has 2 rings (SSSR count). The van der Waals surface area contributed by atoms with E-state index in [1.54, 1.807) is 0 Å². The van der Waals surface area contributed by atoms with Gasteiger partial charge in [-0.05, 0) is 57.4 Å². The zero-order valence-electron chi connectivity index (χ0n) is 9.91. The Bertz CT molecular complexity index is 296. The number of hydrogen-bond donors (Lipinski definition) is 2. The molecule has 2 unspecified atom stereocenters. The molecule has 0 heterocycles. The highest BCUT2D eigenvalue weighted by molar-refractivity contribution is 5.79. The van der Waals surface area contributed by atoms with Crippen LogP contribution in [0.15, 0.2) is 12.2 Å². The highest BCUT2D eigenvalue weighted by atomic mass is 16.4. The second kappa shape index (κ2) is 4.58. The van der Waals surface area contributed by atoms with Crippen LogP contribution in [0.5, 0.6) is 0 Å². The maximum Gasteiger partial charge on any atom is 0.323 e. The van der Waals surface area contributed by atoms with Gasteiger partial charge < -0.3 is 10.4 Å². The third-order valence-electron chi connectivity index (χ3n) is 3.97. The van der Waals surface area contributed by atoms with Gasteiger partial charge in [0.2, 0.25) is 0 Å². The van der Waals surface area contributed by atoms with Crippen molar-refractivity contribution in [3.63, 3.8) is 0 Å².